The van der Waals surface area contributed by atoms with Gasteiger partial charge in [0.25, 0.3) is 0 Å². The van der Waals surface area contributed by atoms with Crippen molar-refractivity contribution in [1.29, 1.82) is 0 Å². The van der Waals surface area contributed by atoms with Crippen LogP contribution in [-0.4, -0.2) is 93.1 Å². The molecule has 60 heavy (non-hydrogen) atoms. The second kappa shape index (κ2) is 45.2. The van der Waals surface area contributed by atoms with E-state index >= 15 is 0 Å². The van der Waals surface area contributed by atoms with Crippen LogP contribution in [0.3, 0.4) is 0 Å². The van der Waals surface area contributed by atoms with Crippen LogP contribution in [0.4, 0.5) is 4.79 Å². The van der Waals surface area contributed by atoms with E-state index in [-0.39, 0.29) is 24.6 Å². The lowest BCUT2D eigenvalue weighted by Gasteiger charge is -2.26. The van der Waals surface area contributed by atoms with E-state index in [0.29, 0.717) is 45.1 Å². The third-order valence-electron chi connectivity index (χ3n) is 12.1. The molecule has 9 heteroatoms. The highest BCUT2D eigenvalue weighted by Crippen LogP contribution is 2.21. The molecule has 356 valence electrons. The molecule has 2 unspecified atom stereocenters. The summed E-state index contributed by atoms with van der Waals surface area (Å²) in [6, 6.07) is 0. The van der Waals surface area contributed by atoms with Crippen LogP contribution in [0.15, 0.2) is 0 Å². The Labute approximate surface area is 371 Å². The molecule has 0 amide bonds. The summed E-state index contributed by atoms with van der Waals surface area (Å²) in [4.78, 5) is 42.3. The molecule has 0 aliphatic carbocycles. The van der Waals surface area contributed by atoms with E-state index in [0.717, 1.165) is 103 Å². The summed E-state index contributed by atoms with van der Waals surface area (Å²) in [5, 5.41) is 0. The highest BCUT2D eigenvalue weighted by atomic mass is 16.7. The number of hydrogen-bond acceptors (Lipinski definition) is 9. The van der Waals surface area contributed by atoms with Gasteiger partial charge < -0.3 is 23.8 Å². The minimum absolute atomic E-state index is 0.0249. The van der Waals surface area contributed by atoms with Crippen molar-refractivity contribution in [2.24, 2.45) is 5.92 Å². The fourth-order valence-corrected chi connectivity index (χ4v) is 7.90. The van der Waals surface area contributed by atoms with Gasteiger partial charge in [-0.05, 0) is 70.4 Å². The largest absolute Gasteiger partial charge is 0.508 e. The smallest absolute Gasteiger partial charge is 0.465 e. The summed E-state index contributed by atoms with van der Waals surface area (Å²) in [7, 11) is 0. The average Bonchev–Trinajstić information content (AvgIpc) is 3.24. The van der Waals surface area contributed by atoms with Gasteiger partial charge in [-0.15, -0.1) is 0 Å². The lowest BCUT2D eigenvalue weighted by atomic mass is 9.95. The van der Waals surface area contributed by atoms with E-state index < -0.39 is 6.16 Å². The van der Waals surface area contributed by atoms with Gasteiger partial charge in [-0.3, -0.25) is 14.5 Å². The number of hydrogen-bond donors (Lipinski definition) is 0. The van der Waals surface area contributed by atoms with Gasteiger partial charge in [-0.1, -0.05) is 176 Å². The van der Waals surface area contributed by atoms with Crippen LogP contribution >= 0.6 is 0 Å². The highest BCUT2D eigenvalue weighted by Gasteiger charge is 2.17. The number of carbonyl (C=O) groups is 3. The van der Waals surface area contributed by atoms with E-state index in [1.54, 1.807) is 0 Å². The van der Waals surface area contributed by atoms with E-state index in [4.69, 9.17) is 18.9 Å². The van der Waals surface area contributed by atoms with E-state index in [2.05, 4.69) is 51.3 Å². The van der Waals surface area contributed by atoms with Gasteiger partial charge in [0.05, 0.1) is 6.61 Å². The molecule has 0 N–H and O–H groups in total. The summed E-state index contributed by atoms with van der Waals surface area (Å²) in [5.41, 5.74) is 0. The van der Waals surface area contributed by atoms with E-state index in [1.165, 1.54) is 109 Å². The Bertz CT molecular complexity index is 946. The van der Waals surface area contributed by atoms with Crippen LogP contribution in [0.2, 0.25) is 0 Å². The second-order valence-electron chi connectivity index (χ2n) is 17.6. The SMILES string of the molecule is CCCCCCCCC(CCCCCC)COC(=O)CCCCCCCCC(CCCCCC)OC(=O)OCCN(CCOC(=O)CCCCCCC)CCN(CC)CC. The van der Waals surface area contributed by atoms with Crippen LogP contribution in [0.5, 0.6) is 0 Å². The molecule has 0 spiro atoms. The molecule has 0 aromatic rings. The molecule has 0 aromatic carbocycles. The molecular formula is C51H100N2O7. The Morgan fingerprint density at radius 2 is 0.783 bits per heavy atom. The van der Waals surface area contributed by atoms with Crippen molar-refractivity contribution in [3.05, 3.63) is 0 Å². The van der Waals surface area contributed by atoms with Crippen LogP contribution in [-0.2, 0) is 28.5 Å². The molecule has 0 bridgehead atoms. The van der Waals surface area contributed by atoms with Gasteiger partial charge in [0.2, 0.25) is 0 Å². The molecule has 0 aliphatic heterocycles. The van der Waals surface area contributed by atoms with E-state index in [9.17, 15) is 14.4 Å². The van der Waals surface area contributed by atoms with Crippen molar-refractivity contribution in [1.82, 2.24) is 9.80 Å². The summed E-state index contributed by atoms with van der Waals surface area (Å²) in [6.45, 7) is 19.3. The van der Waals surface area contributed by atoms with Gasteiger partial charge in [-0.25, -0.2) is 4.79 Å². The molecular weight excluding hydrogens is 753 g/mol. The number of nitrogens with zero attached hydrogens (tertiary/aromatic N) is 2. The average molecular weight is 853 g/mol. The minimum atomic E-state index is -0.578. The van der Waals surface area contributed by atoms with Gasteiger partial charge >= 0.3 is 18.1 Å². The second-order valence-corrected chi connectivity index (χ2v) is 17.6. The molecule has 2 atom stereocenters. The Balaban J connectivity index is 4.61. The quantitative estimate of drug-likeness (QED) is 0.0337. The fraction of sp³-hybridized carbons (Fsp3) is 0.941. The van der Waals surface area contributed by atoms with Crippen LogP contribution in [0, 0.1) is 5.92 Å². The third-order valence-corrected chi connectivity index (χ3v) is 12.1. The maximum Gasteiger partial charge on any atom is 0.508 e. The van der Waals surface area contributed by atoms with Crippen molar-refractivity contribution in [3.63, 3.8) is 0 Å². The topological polar surface area (TPSA) is 94.6 Å². The van der Waals surface area contributed by atoms with Crippen LogP contribution in [0.25, 0.3) is 0 Å². The molecule has 0 fully saturated rings. The fourth-order valence-electron chi connectivity index (χ4n) is 7.90. The third kappa shape index (κ3) is 39.0. The van der Waals surface area contributed by atoms with Gasteiger partial charge in [0.15, 0.2) is 0 Å². The number of ether oxygens (including phenoxy) is 4. The Kier molecular flexibility index (Phi) is 43.8. The van der Waals surface area contributed by atoms with Crippen molar-refractivity contribution in [3.8, 4) is 0 Å². The van der Waals surface area contributed by atoms with Crippen molar-refractivity contribution < 1.29 is 33.3 Å². The molecule has 0 radical (unpaired) electrons. The first kappa shape index (κ1) is 58.1. The van der Waals surface area contributed by atoms with Crippen molar-refractivity contribution in [2.45, 2.75) is 247 Å². The zero-order valence-corrected chi connectivity index (χ0v) is 40.7. The number of rotatable bonds is 46. The van der Waals surface area contributed by atoms with Crippen LogP contribution < -0.4 is 0 Å². The summed E-state index contributed by atoms with van der Waals surface area (Å²) in [6.07, 6.45) is 33.7. The maximum atomic E-state index is 12.9. The molecule has 9 nitrogen and oxygen atoms in total. The van der Waals surface area contributed by atoms with E-state index in [1.807, 2.05) is 0 Å². The summed E-state index contributed by atoms with van der Waals surface area (Å²) in [5.74, 6) is 0.366. The lowest BCUT2D eigenvalue weighted by molar-refractivity contribution is -0.145. The number of esters is 2. The van der Waals surface area contributed by atoms with Gasteiger partial charge in [0.1, 0.15) is 19.3 Å². The van der Waals surface area contributed by atoms with Crippen molar-refractivity contribution in [2.75, 3.05) is 59.1 Å². The predicted octanol–water partition coefficient (Wildman–Crippen LogP) is 14.0. The van der Waals surface area contributed by atoms with Crippen LogP contribution in [0.1, 0.15) is 241 Å². The standard InChI is InChI=1S/C51H100N2O7/c1-7-13-17-21-25-29-35-47(34-28-19-15-9-3)46-59-50(55)39-33-27-23-22-26-31-37-48(36-30-20-16-10-4)60-51(56)58-45-43-53(41-40-52(11-5)12-6)42-44-57-49(54)38-32-24-18-14-8-2/h47-48H,7-46H2,1-6H3. The molecule has 0 heterocycles. The first-order chi connectivity index (χ1) is 29.3. The predicted molar refractivity (Wildman–Crippen MR) is 252 cm³/mol. The molecule has 0 rings (SSSR count). The Morgan fingerprint density at radius 1 is 0.400 bits per heavy atom. The monoisotopic (exact) mass is 853 g/mol. The molecule has 0 saturated heterocycles. The maximum absolute atomic E-state index is 12.9. The first-order valence-electron chi connectivity index (χ1n) is 25.9. The molecule has 0 aliphatic rings. The zero-order valence-electron chi connectivity index (χ0n) is 40.7. The Morgan fingerprint density at radius 3 is 1.27 bits per heavy atom. The normalized spacial score (nSPS) is 12.5. The lowest BCUT2D eigenvalue weighted by Crippen LogP contribution is -2.39. The minimum Gasteiger partial charge on any atom is -0.465 e. The van der Waals surface area contributed by atoms with Crippen molar-refractivity contribution >= 4 is 18.1 Å². The Hall–Kier alpha value is -1.87. The zero-order chi connectivity index (χ0) is 44.2. The summed E-state index contributed by atoms with van der Waals surface area (Å²) < 4.78 is 22.9. The van der Waals surface area contributed by atoms with Gasteiger partial charge in [0, 0.05) is 39.0 Å². The molecule has 0 aromatic heterocycles. The molecule has 0 saturated carbocycles. The number of likely N-dealkylation sites (N-methyl/N-ethyl adjacent to an activating group) is 1. The number of carbonyl (C=O) groups excluding carboxylic acids is 3. The summed E-state index contributed by atoms with van der Waals surface area (Å²) >= 11 is 0. The number of unbranched alkanes of at least 4 members (excludes halogenated alkanes) is 20. The first-order valence-corrected chi connectivity index (χ1v) is 25.9. The highest BCUT2D eigenvalue weighted by molar-refractivity contribution is 5.69. The van der Waals surface area contributed by atoms with Gasteiger partial charge in [-0.2, -0.15) is 0 Å².